The van der Waals surface area contributed by atoms with Gasteiger partial charge in [0, 0.05) is 29.1 Å². The zero-order chi connectivity index (χ0) is 23.2. The Morgan fingerprint density at radius 1 is 0.914 bits per heavy atom. The SMILES string of the molecule is C1=C(c2cnc(-c3nccs3)o2)C(c2conc2-c2ccon2)N(c2nc(-c3ccon3)cs2)O1. The van der Waals surface area contributed by atoms with Crippen molar-refractivity contribution in [2.24, 2.45) is 0 Å². The molecule has 0 amide bonds. The van der Waals surface area contributed by atoms with Gasteiger partial charge in [0.1, 0.15) is 53.9 Å². The highest BCUT2D eigenvalue weighted by atomic mass is 32.1. The zero-order valence-corrected chi connectivity index (χ0v) is 19.0. The molecular formula is C21H11N7O5S2. The van der Waals surface area contributed by atoms with Crippen LogP contribution >= 0.6 is 22.7 Å². The van der Waals surface area contributed by atoms with Gasteiger partial charge in [-0.15, -0.1) is 22.7 Å². The van der Waals surface area contributed by atoms with E-state index < -0.39 is 6.04 Å². The van der Waals surface area contributed by atoms with Crippen LogP contribution in [-0.2, 0) is 4.84 Å². The van der Waals surface area contributed by atoms with Crippen LogP contribution in [0.15, 0.2) is 78.3 Å². The smallest absolute Gasteiger partial charge is 0.256 e. The van der Waals surface area contributed by atoms with Gasteiger partial charge < -0.3 is 22.8 Å². The zero-order valence-electron chi connectivity index (χ0n) is 17.3. The summed E-state index contributed by atoms with van der Waals surface area (Å²) >= 11 is 2.82. The first-order valence-corrected chi connectivity index (χ1v) is 11.8. The lowest BCUT2D eigenvalue weighted by Gasteiger charge is -2.22. The number of oxazole rings is 1. The van der Waals surface area contributed by atoms with Gasteiger partial charge in [-0.3, -0.25) is 0 Å². The van der Waals surface area contributed by atoms with Gasteiger partial charge in [0.15, 0.2) is 10.8 Å². The highest BCUT2D eigenvalue weighted by Crippen LogP contribution is 2.47. The summed E-state index contributed by atoms with van der Waals surface area (Å²) in [6, 6.07) is 2.90. The Bertz CT molecular complexity index is 1600. The van der Waals surface area contributed by atoms with Gasteiger partial charge in [-0.25, -0.2) is 15.0 Å². The van der Waals surface area contributed by atoms with E-state index >= 15 is 0 Å². The van der Waals surface area contributed by atoms with Crippen LogP contribution < -0.4 is 5.06 Å². The van der Waals surface area contributed by atoms with E-state index in [9.17, 15) is 0 Å². The fourth-order valence-electron chi connectivity index (χ4n) is 3.64. The summed E-state index contributed by atoms with van der Waals surface area (Å²) in [5.41, 5.74) is 3.65. The first-order valence-electron chi connectivity index (χ1n) is 10.1. The summed E-state index contributed by atoms with van der Waals surface area (Å²) < 4.78 is 21.4. The molecule has 1 atom stereocenters. The second kappa shape index (κ2) is 8.03. The van der Waals surface area contributed by atoms with Crippen molar-refractivity contribution in [3.8, 4) is 33.7 Å². The number of hydroxylamine groups is 1. The van der Waals surface area contributed by atoms with Crippen molar-refractivity contribution >= 4 is 33.4 Å². The van der Waals surface area contributed by atoms with Gasteiger partial charge in [0.25, 0.3) is 5.89 Å². The molecule has 0 aliphatic carbocycles. The summed E-state index contributed by atoms with van der Waals surface area (Å²) in [7, 11) is 0. The molecule has 0 saturated heterocycles. The summed E-state index contributed by atoms with van der Waals surface area (Å²) in [6.07, 6.45) is 9.42. The molecule has 7 heterocycles. The predicted octanol–water partition coefficient (Wildman–Crippen LogP) is 5.09. The molecule has 0 spiro atoms. The van der Waals surface area contributed by atoms with Crippen molar-refractivity contribution in [2.45, 2.75) is 6.04 Å². The van der Waals surface area contributed by atoms with E-state index in [0.717, 1.165) is 0 Å². The molecule has 0 fully saturated rings. The van der Waals surface area contributed by atoms with Crippen molar-refractivity contribution in [3.63, 3.8) is 0 Å². The maximum atomic E-state index is 6.06. The van der Waals surface area contributed by atoms with Crippen LogP contribution in [0.25, 0.3) is 39.2 Å². The van der Waals surface area contributed by atoms with E-state index in [4.69, 9.17) is 22.8 Å². The van der Waals surface area contributed by atoms with Crippen molar-refractivity contribution in [1.29, 1.82) is 0 Å². The van der Waals surface area contributed by atoms with Crippen molar-refractivity contribution in [1.82, 2.24) is 30.4 Å². The molecule has 35 heavy (non-hydrogen) atoms. The third-order valence-electron chi connectivity index (χ3n) is 5.18. The molecule has 1 aliphatic heterocycles. The third-order valence-corrected chi connectivity index (χ3v) is 6.77. The van der Waals surface area contributed by atoms with E-state index in [1.54, 1.807) is 35.9 Å². The molecule has 0 radical (unpaired) electrons. The molecule has 0 aromatic carbocycles. The lowest BCUT2D eigenvalue weighted by molar-refractivity contribution is 0.224. The molecule has 0 saturated carbocycles. The molecule has 0 N–H and O–H groups in total. The largest absolute Gasteiger partial charge is 0.434 e. The fraction of sp³-hybridized carbons (Fsp3) is 0.0476. The van der Waals surface area contributed by atoms with Gasteiger partial charge in [0.2, 0.25) is 5.13 Å². The molecule has 6 aromatic rings. The summed E-state index contributed by atoms with van der Waals surface area (Å²) in [4.78, 5) is 19.4. The van der Waals surface area contributed by atoms with Crippen LogP contribution in [0.1, 0.15) is 17.4 Å². The minimum atomic E-state index is -0.540. The Morgan fingerprint density at radius 2 is 1.80 bits per heavy atom. The molecule has 172 valence electrons. The first-order chi connectivity index (χ1) is 17.3. The monoisotopic (exact) mass is 505 g/mol. The molecular weight excluding hydrogens is 494 g/mol. The summed E-state index contributed by atoms with van der Waals surface area (Å²) in [5.74, 6) is 0.918. The number of hydrogen-bond acceptors (Lipinski definition) is 14. The van der Waals surface area contributed by atoms with Crippen molar-refractivity contribution in [2.75, 3.05) is 5.06 Å². The number of nitrogens with zero attached hydrogens (tertiary/aromatic N) is 7. The molecule has 7 rings (SSSR count). The minimum Gasteiger partial charge on any atom is -0.434 e. The van der Waals surface area contributed by atoms with Crippen LogP contribution in [0.4, 0.5) is 5.13 Å². The van der Waals surface area contributed by atoms with E-state index in [1.165, 1.54) is 41.5 Å². The molecule has 6 aromatic heterocycles. The Labute approximate surface area is 203 Å². The first kappa shape index (κ1) is 19.9. The van der Waals surface area contributed by atoms with Crippen LogP contribution in [0, 0.1) is 0 Å². The maximum absolute atomic E-state index is 6.06. The molecule has 0 bridgehead atoms. The molecule has 14 heteroatoms. The number of thiazole rings is 2. The van der Waals surface area contributed by atoms with E-state index in [1.807, 2.05) is 10.8 Å². The van der Waals surface area contributed by atoms with Gasteiger partial charge in [-0.2, -0.15) is 5.06 Å². The minimum absolute atomic E-state index is 0.415. The lowest BCUT2D eigenvalue weighted by atomic mass is 9.98. The van der Waals surface area contributed by atoms with Gasteiger partial charge in [-0.1, -0.05) is 15.5 Å². The van der Waals surface area contributed by atoms with Crippen molar-refractivity contribution in [3.05, 3.63) is 71.7 Å². The second-order valence-electron chi connectivity index (χ2n) is 7.18. The topological polar surface area (TPSA) is 142 Å². The van der Waals surface area contributed by atoms with E-state index in [0.29, 0.717) is 55.7 Å². The van der Waals surface area contributed by atoms with E-state index in [2.05, 4.69) is 30.4 Å². The lowest BCUT2D eigenvalue weighted by Crippen LogP contribution is -2.23. The predicted molar refractivity (Wildman–Crippen MR) is 122 cm³/mol. The third kappa shape index (κ3) is 3.34. The van der Waals surface area contributed by atoms with Crippen molar-refractivity contribution < 1.29 is 22.8 Å². The van der Waals surface area contributed by atoms with Crippen LogP contribution in [-0.4, -0.2) is 30.4 Å². The van der Waals surface area contributed by atoms with Gasteiger partial charge in [0.05, 0.1) is 17.3 Å². The standard InChI is InChI=1S/C21H11N7O5S2/c1-4-29-25-13(1)15-10-35-21(24-15)28-18(12-8-31-27-17(12)14-2-5-30-26-14)11(9-32-28)16-7-23-19(33-16)20-22-3-6-34-20/h1-10,18H. The summed E-state index contributed by atoms with van der Waals surface area (Å²) in [6.45, 7) is 0. The molecule has 1 unspecified atom stereocenters. The van der Waals surface area contributed by atoms with Crippen LogP contribution in [0.5, 0.6) is 0 Å². The summed E-state index contributed by atoms with van der Waals surface area (Å²) in [5, 5.41) is 18.7. The Hall–Kier alpha value is -4.56. The van der Waals surface area contributed by atoms with Crippen LogP contribution in [0.2, 0.25) is 0 Å². The van der Waals surface area contributed by atoms with Gasteiger partial charge >= 0.3 is 0 Å². The average Bonchev–Trinajstić information content (AvgIpc) is 3.72. The Morgan fingerprint density at radius 3 is 2.60 bits per heavy atom. The molecule has 1 aliphatic rings. The highest BCUT2D eigenvalue weighted by Gasteiger charge is 2.40. The fourth-order valence-corrected chi connectivity index (χ4v) is 5.00. The number of hydrogen-bond donors (Lipinski definition) is 0. The van der Waals surface area contributed by atoms with Crippen LogP contribution in [0.3, 0.4) is 0 Å². The average molecular weight is 505 g/mol. The second-order valence-corrected chi connectivity index (χ2v) is 8.91. The number of aromatic nitrogens is 6. The Balaban J connectivity index is 1.31. The highest BCUT2D eigenvalue weighted by molar-refractivity contribution is 7.14. The maximum Gasteiger partial charge on any atom is 0.256 e. The number of anilines is 1. The normalized spacial score (nSPS) is 15.5. The number of rotatable bonds is 6. The van der Waals surface area contributed by atoms with Gasteiger partial charge in [-0.05, 0) is 0 Å². The van der Waals surface area contributed by atoms with E-state index in [-0.39, 0.29) is 0 Å². The molecule has 12 nitrogen and oxygen atoms in total. The quantitative estimate of drug-likeness (QED) is 0.297. The Kier molecular flexibility index (Phi) is 4.56.